The van der Waals surface area contributed by atoms with E-state index >= 15 is 0 Å². The Kier molecular flexibility index (Phi) is 6.10. The number of rotatable bonds is 6. The normalized spacial score (nSPS) is 14.8. The lowest BCUT2D eigenvalue weighted by atomic mass is 9.93. The predicted octanol–water partition coefficient (Wildman–Crippen LogP) is 5.90. The highest BCUT2D eigenvalue weighted by molar-refractivity contribution is 6.31. The summed E-state index contributed by atoms with van der Waals surface area (Å²) in [6.45, 7) is 6.25. The van der Waals surface area contributed by atoms with E-state index in [0.717, 1.165) is 22.3 Å². The van der Waals surface area contributed by atoms with Gasteiger partial charge in [0.15, 0.2) is 11.5 Å². The van der Waals surface area contributed by atoms with Gasteiger partial charge in [-0.05, 0) is 67.3 Å². The molecule has 0 unspecified atom stereocenters. The van der Waals surface area contributed by atoms with Crippen LogP contribution in [0.2, 0.25) is 5.02 Å². The molecule has 3 aromatic carbocycles. The van der Waals surface area contributed by atoms with Gasteiger partial charge in [0, 0.05) is 22.7 Å². The minimum Gasteiger partial charge on any atom is -0.507 e. The number of aromatic amines is 1. The molecule has 0 radical (unpaired) electrons. The number of aromatic hydroxyl groups is 2. The molecule has 1 aromatic heterocycles. The number of amides is 1. The number of aromatic nitrogens is 2. The minimum absolute atomic E-state index is 0.0159. The highest BCUT2D eigenvalue weighted by Crippen LogP contribution is 2.47. The van der Waals surface area contributed by atoms with Crippen molar-refractivity contribution in [1.29, 1.82) is 0 Å². The van der Waals surface area contributed by atoms with Crippen molar-refractivity contribution < 1.29 is 19.7 Å². The third-order valence-electron chi connectivity index (χ3n) is 6.46. The SMILES string of the molecule is CCOc1cc([C@H]2c3c(-c4cc(C)cc(C)c4O)n[nH]c3C(=O)N2Cc2ccccc2Cl)ccc1O. The highest BCUT2D eigenvalue weighted by atomic mass is 35.5. The summed E-state index contributed by atoms with van der Waals surface area (Å²) in [5, 5.41) is 29.2. The molecule has 36 heavy (non-hydrogen) atoms. The number of H-pyrrole nitrogens is 1. The first kappa shape index (κ1) is 23.8. The van der Waals surface area contributed by atoms with E-state index < -0.39 is 6.04 Å². The van der Waals surface area contributed by atoms with Gasteiger partial charge in [-0.2, -0.15) is 5.10 Å². The Morgan fingerprint density at radius 2 is 1.89 bits per heavy atom. The Hall–Kier alpha value is -3.97. The third kappa shape index (κ3) is 3.95. The Balaban J connectivity index is 1.71. The second-order valence-corrected chi connectivity index (χ2v) is 9.33. The van der Waals surface area contributed by atoms with Crippen LogP contribution in [0.1, 0.15) is 51.3 Å². The number of halogens is 1. The minimum atomic E-state index is -0.558. The van der Waals surface area contributed by atoms with Crippen LogP contribution < -0.4 is 4.74 Å². The van der Waals surface area contributed by atoms with E-state index in [1.165, 1.54) is 0 Å². The van der Waals surface area contributed by atoms with Gasteiger partial charge in [-0.3, -0.25) is 9.89 Å². The van der Waals surface area contributed by atoms with Crippen molar-refractivity contribution >= 4 is 17.5 Å². The second-order valence-electron chi connectivity index (χ2n) is 8.93. The molecule has 1 aliphatic rings. The monoisotopic (exact) mass is 503 g/mol. The van der Waals surface area contributed by atoms with Crippen LogP contribution in [0.3, 0.4) is 0 Å². The zero-order valence-electron chi connectivity index (χ0n) is 20.2. The van der Waals surface area contributed by atoms with Crippen molar-refractivity contribution in [2.24, 2.45) is 0 Å². The molecule has 4 aromatic rings. The van der Waals surface area contributed by atoms with Gasteiger partial charge in [0.25, 0.3) is 5.91 Å². The van der Waals surface area contributed by atoms with E-state index in [1.807, 2.05) is 51.1 Å². The Morgan fingerprint density at radius 3 is 2.64 bits per heavy atom. The zero-order chi connectivity index (χ0) is 25.6. The maximum Gasteiger partial charge on any atom is 0.273 e. The van der Waals surface area contributed by atoms with Crippen LogP contribution in [0.4, 0.5) is 0 Å². The number of nitrogens with zero attached hydrogens (tertiary/aromatic N) is 2. The van der Waals surface area contributed by atoms with Crippen molar-refractivity contribution in [3.63, 3.8) is 0 Å². The van der Waals surface area contributed by atoms with Crippen LogP contribution >= 0.6 is 11.6 Å². The van der Waals surface area contributed by atoms with E-state index in [9.17, 15) is 15.0 Å². The molecular formula is C28H26ClN3O4. The number of fused-ring (bicyclic) bond motifs is 1. The fourth-order valence-corrected chi connectivity index (χ4v) is 5.03. The van der Waals surface area contributed by atoms with Crippen LogP contribution in [0, 0.1) is 13.8 Å². The molecule has 0 saturated carbocycles. The molecule has 0 aliphatic carbocycles. The first-order chi connectivity index (χ1) is 17.3. The lowest BCUT2D eigenvalue weighted by molar-refractivity contribution is 0.0730. The van der Waals surface area contributed by atoms with Gasteiger partial charge < -0.3 is 19.8 Å². The first-order valence-electron chi connectivity index (χ1n) is 11.7. The molecule has 5 rings (SSSR count). The molecule has 8 heteroatoms. The lowest BCUT2D eigenvalue weighted by Crippen LogP contribution is -2.29. The molecule has 0 spiro atoms. The summed E-state index contributed by atoms with van der Waals surface area (Å²) in [7, 11) is 0. The van der Waals surface area contributed by atoms with Crippen molar-refractivity contribution in [3.8, 4) is 28.5 Å². The Morgan fingerprint density at radius 1 is 1.11 bits per heavy atom. The average Bonchev–Trinajstić information content (AvgIpc) is 3.38. The Labute approximate surface area is 213 Å². The molecule has 1 amide bonds. The molecular weight excluding hydrogens is 478 g/mol. The summed E-state index contributed by atoms with van der Waals surface area (Å²) < 4.78 is 5.63. The van der Waals surface area contributed by atoms with E-state index in [0.29, 0.717) is 39.9 Å². The van der Waals surface area contributed by atoms with E-state index in [1.54, 1.807) is 29.2 Å². The van der Waals surface area contributed by atoms with Gasteiger partial charge in [-0.1, -0.05) is 41.9 Å². The average molecular weight is 504 g/mol. The number of carbonyl (C=O) groups excluding carboxylic acids is 1. The van der Waals surface area contributed by atoms with Gasteiger partial charge in [-0.15, -0.1) is 0 Å². The second kappa shape index (κ2) is 9.24. The molecule has 1 aliphatic heterocycles. The maximum absolute atomic E-state index is 13.7. The summed E-state index contributed by atoms with van der Waals surface area (Å²) in [4.78, 5) is 15.4. The fourth-order valence-electron chi connectivity index (χ4n) is 4.83. The molecule has 3 N–H and O–H groups in total. The standard InChI is InChI=1S/C28H26ClN3O4/c1-4-36-22-13-17(9-10-21(22)33)26-23-24(19-12-15(2)11-16(3)27(19)34)30-31-25(23)28(35)32(26)14-18-7-5-6-8-20(18)29/h5-13,26,33-34H,4,14H2,1-3H3,(H,30,31)/t26-/m0/s1. The van der Waals surface area contributed by atoms with Gasteiger partial charge in [0.2, 0.25) is 0 Å². The van der Waals surface area contributed by atoms with Gasteiger partial charge in [-0.25, -0.2) is 0 Å². The molecule has 2 heterocycles. The van der Waals surface area contributed by atoms with Crippen molar-refractivity contribution in [1.82, 2.24) is 15.1 Å². The summed E-state index contributed by atoms with van der Waals surface area (Å²) in [5.41, 5.74) is 5.28. The molecule has 184 valence electrons. The van der Waals surface area contributed by atoms with Crippen LogP contribution in [0.5, 0.6) is 17.2 Å². The van der Waals surface area contributed by atoms with Crippen LogP contribution in [0.15, 0.2) is 54.6 Å². The first-order valence-corrected chi connectivity index (χ1v) is 12.1. The van der Waals surface area contributed by atoms with Crippen LogP contribution in [0.25, 0.3) is 11.3 Å². The molecule has 7 nitrogen and oxygen atoms in total. The molecule has 0 saturated heterocycles. The van der Waals surface area contributed by atoms with Crippen LogP contribution in [-0.2, 0) is 6.54 Å². The largest absolute Gasteiger partial charge is 0.507 e. The number of ether oxygens (including phenoxy) is 1. The zero-order valence-corrected chi connectivity index (χ0v) is 20.9. The summed E-state index contributed by atoms with van der Waals surface area (Å²) in [5.74, 6) is 0.227. The predicted molar refractivity (Wildman–Crippen MR) is 138 cm³/mol. The van der Waals surface area contributed by atoms with Gasteiger partial charge in [0.1, 0.15) is 17.1 Å². The summed E-state index contributed by atoms with van der Waals surface area (Å²) in [6, 6.07) is 15.7. The number of phenols is 2. The summed E-state index contributed by atoms with van der Waals surface area (Å²) >= 11 is 6.46. The maximum atomic E-state index is 13.7. The topological polar surface area (TPSA) is 98.7 Å². The molecule has 0 fully saturated rings. The van der Waals surface area contributed by atoms with Crippen molar-refractivity contribution in [2.75, 3.05) is 6.61 Å². The number of nitrogens with one attached hydrogen (secondary N) is 1. The Bertz CT molecular complexity index is 1480. The smallest absolute Gasteiger partial charge is 0.273 e. The molecule has 1 atom stereocenters. The van der Waals surface area contributed by atoms with E-state index in [2.05, 4.69) is 10.2 Å². The van der Waals surface area contributed by atoms with E-state index in [4.69, 9.17) is 16.3 Å². The molecule has 0 bridgehead atoms. The quantitative estimate of drug-likeness (QED) is 0.304. The number of benzene rings is 3. The number of hydrogen-bond donors (Lipinski definition) is 3. The fraction of sp³-hybridized carbons (Fsp3) is 0.214. The lowest BCUT2D eigenvalue weighted by Gasteiger charge is -2.27. The summed E-state index contributed by atoms with van der Waals surface area (Å²) in [6.07, 6.45) is 0. The van der Waals surface area contributed by atoms with Gasteiger partial charge in [0.05, 0.1) is 12.6 Å². The number of phenolic OH excluding ortho intramolecular Hbond substituents is 2. The third-order valence-corrected chi connectivity index (χ3v) is 6.83. The van der Waals surface area contributed by atoms with Gasteiger partial charge >= 0.3 is 0 Å². The number of aryl methyl sites for hydroxylation is 2. The number of hydrogen-bond acceptors (Lipinski definition) is 5. The highest BCUT2D eigenvalue weighted by Gasteiger charge is 2.43. The van der Waals surface area contributed by atoms with E-state index in [-0.39, 0.29) is 24.0 Å². The van der Waals surface area contributed by atoms with Crippen molar-refractivity contribution in [2.45, 2.75) is 33.4 Å². The number of carbonyl (C=O) groups is 1. The van der Waals surface area contributed by atoms with Crippen LogP contribution in [-0.4, -0.2) is 37.8 Å². The van der Waals surface area contributed by atoms with Crippen molar-refractivity contribution in [3.05, 3.63) is 93.1 Å².